The number of para-hydroxylation sites is 2. The third kappa shape index (κ3) is 2.69. The minimum Gasteiger partial charge on any atom is -0.507 e. The Hall–Kier alpha value is -3.08. The molecule has 5 nitrogen and oxygen atoms in total. The van der Waals surface area contributed by atoms with Crippen molar-refractivity contribution in [1.29, 1.82) is 0 Å². The van der Waals surface area contributed by atoms with E-state index < -0.39 is 5.91 Å². The molecule has 3 N–H and O–H groups in total. The van der Waals surface area contributed by atoms with Crippen molar-refractivity contribution in [1.82, 2.24) is 10.4 Å². The van der Waals surface area contributed by atoms with Gasteiger partial charge in [0.15, 0.2) is 0 Å². The minimum atomic E-state index is -0.450. The summed E-state index contributed by atoms with van der Waals surface area (Å²) in [5, 5.41) is 14.8. The molecule has 3 rings (SSSR count). The van der Waals surface area contributed by atoms with Crippen molar-refractivity contribution < 1.29 is 9.90 Å². The van der Waals surface area contributed by atoms with Crippen LogP contribution in [0.15, 0.2) is 59.7 Å². The number of H-pyrrole nitrogens is 1. The summed E-state index contributed by atoms with van der Waals surface area (Å²) < 4.78 is 0. The number of benzene rings is 2. The zero-order valence-corrected chi connectivity index (χ0v) is 12.0. The van der Waals surface area contributed by atoms with Crippen molar-refractivity contribution >= 4 is 22.5 Å². The molecule has 22 heavy (non-hydrogen) atoms. The molecule has 0 aliphatic heterocycles. The van der Waals surface area contributed by atoms with E-state index in [0.717, 1.165) is 16.6 Å². The first-order chi connectivity index (χ1) is 10.6. The van der Waals surface area contributed by atoms with E-state index in [-0.39, 0.29) is 11.3 Å². The summed E-state index contributed by atoms with van der Waals surface area (Å²) in [5.41, 5.74) is 5.14. The van der Waals surface area contributed by atoms with Gasteiger partial charge in [-0.1, -0.05) is 30.3 Å². The largest absolute Gasteiger partial charge is 0.507 e. The van der Waals surface area contributed by atoms with Gasteiger partial charge in [-0.25, -0.2) is 5.43 Å². The molecule has 0 atom stereocenters. The van der Waals surface area contributed by atoms with Crippen molar-refractivity contribution in [3.8, 4) is 5.75 Å². The molecular weight excluding hydrogens is 278 g/mol. The van der Waals surface area contributed by atoms with Crippen LogP contribution >= 0.6 is 0 Å². The lowest BCUT2D eigenvalue weighted by atomic mass is 10.2. The monoisotopic (exact) mass is 293 g/mol. The van der Waals surface area contributed by atoms with Crippen LogP contribution in [0.2, 0.25) is 0 Å². The number of aromatic nitrogens is 1. The molecule has 1 heterocycles. The summed E-state index contributed by atoms with van der Waals surface area (Å²) in [7, 11) is 0. The number of aromatic hydroxyl groups is 1. The lowest BCUT2D eigenvalue weighted by Crippen LogP contribution is -2.19. The number of hydrogen-bond donors (Lipinski definition) is 3. The van der Waals surface area contributed by atoms with Crippen LogP contribution in [0.1, 0.15) is 23.0 Å². The van der Waals surface area contributed by atoms with Crippen LogP contribution in [0.4, 0.5) is 0 Å². The summed E-state index contributed by atoms with van der Waals surface area (Å²) in [6.45, 7) is 1.80. The summed E-state index contributed by atoms with van der Waals surface area (Å²) in [6, 6.07) is 16.2. The van der Waals surface area contributed by atoms with Crippen molar-refractivity contribution in [3.63, 3.8) is 0 Å². The first kappa shape index (κ1) is 13.9. The van der Waals surface area contributed by atoms with Gasteiger partial charge in [0.05, 0.1) is 17.0 Å². The standard InChI is InChI=1S/C17H15N3O2/c1-11(15-10-12-6-2-4-8-14(12)18-15)19-20-17(22)13-7-3-5-9-16(13)21/h2-10,18,21H,1H3,(H,20,22)/b19-11+. The number of phenolic OH excluding ortho intramolecular Hbond substituents is 1. The highest BCUT2D eigenvalue weighted by molar-refractivity contribution is 6.03. The molecule has 0 radical (unpaired) electrons. The highest BCUT2D eigenvalue weighted by Crippen LogP contribution is 2.16. The molecule has 1 aromatic heterocycles. The van der Waals surface area contributed by atoms with Gasteiger partial charge in [-0.3, -0.25) is 4.79 Å². The fourth-order valence-corrected chi connectivity index (χ4v) is 2.19. The number of nitrogens with zero attached hydrogens (tertiary/aromatic N) is 1. The molecule has 0 saturated heterocycles. The molecule has 5 heteroatoms. The second-order valence-corrected chi connectivity index (χ2v) is 4.93. The number of hydrogen-bond acceptors (Lipinski definition) is 3. The van der Waals surface area contributed by atoms with Crippen LogP contribution in [0.25, 0.3) is 10.9 Å². The summed E-state index contributed by atoms with van der Waals surface area (Å²) >= 11 is 0. The highest BCUT2D eigenvalue weighted by atomic mass is 16.3. The van der Waals surface area contributed by atoms with E-state index in [2.05, 4.69) is 15.5 Å². The van der Waals surface area contributed by atoms with Gasteiger partial charge in [0.25, 0.3) is 5.91 Å². The Balaban J connectivity index is 1.80. The van der Waals surface area contributed by atoms with Gasteiger partial charge in [0, 0.05) is 10.9 Å². The fraction of sp³-hybridized carbons (Fsp3) is 0.0588. The number of amides is 1. The Morgan fingerprint density at radius 1 is 1.14 bits per heavy atom. The van der Waals surface area contributed by atoms with E-state index in [0.29, 0.717) is 5.71 Å². The van der Waals surface area contributed by atoms with Gasteiger partial charge in [-0.05, 0) is 31.2 Å². The number of rotatable bonds is 3. The molecule has 0 aliphatic rings. The van der Waals surface area contributed by atoms with Crippen LogP contribution < -0.4 is 5.43 Å². The second-order valence-electron chi connectivity index (χ2n) is 4.93. The smallest absolute Gasteiger partial charge is 0.275 e. The van der Waals surface area contributed by atoms with Gasteiger partial charge in [-0.15, -0.1) is 0 Å². The quantitative estimate of drug-likeness (QED) is 0.513. The number of aromatic amines is 1. The highest BCUT2D eigenvalue weighted by Gasteiger charge is 2.10. The molecule has 2 aromatic carbocycles. The first-order valence-electron chi connectivity index (χ1n) is 6.86. The van der Waals surface area contributed by atoms with Gasteiger partial charge in [0.2, 0.25) is 0 Å². The number of nitrogens with one attached hydrogen (secondary N) is 2. The summed E-state index contributed by atoms with van der Waals surface area (Å²) in [4.78, 5) is 15.2. The molecule has 110 valence electrons. The van der Waals surface area contributed by atoms with Gasteiger partial charge in [-0.2, -0.15) is 5.10 Å². The Morgan fingerprint density at radius 3 is 2.64 bits per heavy atom. The number of carbonyl (C=O) groups is 1. The maximum Gasteiger partial charge on any atom is 0.275 e. The van der Waals surface area contributed by atoms with Gasteiger partial charge in [0.1, 0.15) is 5.75 Å². The SMILES string of the molecule is C/C(=N\NC(=O)c1ccccc1O)c1cc2ccccc2[nH]1. The van der Waals surface area contributed by atoms with E-state index >= 15 is 0 Å². The number of carbonyl (C=O) groups excluding carboxylic acids is 1. The minimum absolute atomic E-state index is 0.0709. The second kappa shape index (κ2) is 5.73. The predicted molar refractivity (Wildman–Crippen MR) is 86.1 cm³/mol. The molecule has 0 spiro atoms. The molecular formula is C17H15N3O2. The summed E-state index contributed by atoms with van der Waals surface area (Å²) in [6.07, 6.45) is 0. The van der Waals surface area contributed by atoms with Crippen molar-refractivity contribution in [2.24, 2.45) is 5.10 Å². The summed E-state index contributed by atoms with van der Waals surface area (Å²) in [5.74, 6) is -0.521. The maximum absolute atomic E-state index is 12.0. The Bertz CT molecular complexity index is 832. The van der Waals surface area contributed by atoms with Crippen LogP contribution in [0.3, 0.4) is 0 Å². The van der Waals surface area contributed by atoms with Gasteiger partial charge >= 0.3 is 0 Å². The van der Waals surface area contributed by atoms with Crippen molar-refractivity contribution in [2.75, 3.05) is 0 Å². The molecule has 0 fully saturated rings. The Kier molecular flexibility index (Phi) is 3.62. The topological polar surface area (TPSA) is 77.5 Å². The van der Waals surface area contributed by atoms with Crippen LogP contribution in [-0.4, -0.2) is 21.7 Å². The zero-order valence-electron chi connectivity index (χ0n) is 12.0. The van der Waals surface area contributed by atoms with Crippen LogP contribution in [0.5, 0.6) is 5.75 Å². The third-order valence-electron chi connectivity index (χ3n) is 3.39. The number of fused-ring (bicyclic) bond motifs is 1. The Labute approximate surface area is 127 Å². The first-order valence-corrected chi connectivity index (χ1v) is 6.86. The number of phenols is 1. The van der Waals surface area contributed by atoms with E-state index in [9.17, 15) is 9.90 Å². The maximum atomic E-state index is 12.0. The van der Waals surface area contributed by atoms with Crippen molar-refractivity contribution in [2.45, 2.75) is 6.92 Å². The average molecular weight is 293 g/mol. The van der Waals surface area contributed by atoms with Crippen LogP contribution in [0, 0.1) is 0 Å². The normalized spacial score (nSPS) is 11.6. The molecule has 0 bridgehead atoms. The van der Waals surface area contributed by atoms with E-state index in [1.165, 1.54) is 6.07 Å². The van der Waals surface area contributed by atoms with E-state index in [1.54, 1.807) is 25.1 Å². The lowest BCUT2D eigenvalue weighted by Gasteiger charge is -2.03. The molecule has 3 aromatic rings. The van der Waals surface area contributed by atoms with Gasteiger partial charge < -0.3 is 10.1 Å². The molecule has 0 aliphatic carbocycles. The fourth-order valence-electron chi connectivity index (χ4n) is 2.19. The Morgan fingerprint density at radius 2 is 1.86 bits per heavy atom. The van der Waals surface area contributed by atoms with E-state index in [4.69, 9.17) is 0 Å². The number of hydrazone groups is 1. The average Bonchev–Trinajstić information content (AvgIpc) is 2.97. The van der Waals surface area contributed by atoms with Crippen molar-refractivity contribution in [3.05, 3.63) is 65.9 Å². The molecule has 0 unspecified atom stereocenters. The molecule has 0 saturated carbocycles. The zero-order chi connectivity index (χ0) is 15.5. The van der Waals surface area contributed by atoms with Crippen LogP contribution in [-0.2, 0) is 0 Å². The van der Waals surface area contributed by atoms with E-state index in [1.807, 2.05) is 30.3 Å². The third-order valence-corrected chi connectivity index (χ3v) is 3.39. The molecule has 1 amide bonds. The predicted octanol–water partition coefficient (Wildman–Crippen LogP) is 3.03. The lowest BCUT2D eigenvalue weighted by molar-refractivity contribution is 0.0952.